The number of nitrogens with one attached hydrogen (secondary N) is 1. The van der Waals surface area contributed by atoms with Gasteiger partial charge in [0.1, 0.15) is 47.8 Å². The molecule has 0 heterocycles. The van der Waals surface area contributed by atoms with E-state index in [-0.39, 0.29) is 30.8 Å². The highest BCUT2D eigenvalue weighted by Crippen LogP contribution is 2.20. The zero-order chi connectivity index (χ0) is 30.9. The van der Waals surface area contributed by atoms with E-state index >= 15 is 0 Å². The molecule has 0 radical (unpaired) electrons. The molecule has 0 atom stereocenters. The Morgan fingerprint density at radius 2 is 0.953 bits per heavy atom. The summed E-state index contributed by atoms with van der Waals surface area (Å²) in [6, 6.07) is 26.1. The number of halogens is 2. The first-order valence-corrected chi connectivity index (χ1v) is 13.4. The standard InChI is InChI=1S/C17H17FO4.C16H16FNO3/c1-2-20-17(19)12-22-16-9-7-15(8-10-16)21-11-13-3-5-14(18)6-4-13;1-18-16(19)11-21-15-8-6-14(7-9-15)20-10-12-2-4-13(17)5-3-12/h3-10H,2,11-12H2,1H3;2-9H,10-11H2,1H3,(H,18,19). The number of rotatable bonds is 13. The van der Waals surface area contributed by atoms with E-state index in [0.717, 1.165) is 11.1 Å². The molecule has 0 aliphatic heterocycles. The quantitative estimate of drug-likeness (QED) is 0.194. The van der Waals surface area contributed by atoms with Crippen molar-refractivity contribution >= 4 is 11.9 Å². The van der Waals surface area contributed by atoms with Gasteiger partial charge in [0.2, 0.25) is 0 Å². The maximum atomic E-state index is 12.8. The summed E-state index contributed by atoms with van der Waals surface area (Å²) in [5.74, 6) is 1.35. The fourth-order valence-corrected chi connectivity index (χ4v) is 3.32. The molecule has 0 spiro atoms. The molecule has 226 valence electrons. The maximum absolute atomic E-state index is 12.8. The van der Waals surface area contributed by atoms with Crippen LogP contribution < -0.4 is 24.3 Å². The number of amides is 1. The lowest BCUT2D eigenvalue weighted by Crippen LogP contribution is -2.24. The molecule has 0 saturated heterocycles. The van der Waals surface area contributed by atoms with Gasteiger partial charge in [0.05, 0.1) is 6.61 Å². The topological polar surface area (TPSA) is 92.3 Å². The Morgan fingerprint density at radius 3 is 1.33 bits per heavy atom. The molecular weight excluding hydrogens is 560 g/mol. The fourth-order valence-electron chi connectivity index (χ4n) is 3.32. The Labute approximate surface area is 249 Å². The van der Waals surface area contributed by atoms with Crippen LogP contribution in [0.2, 0.25) is 0 Å². The number of esters is 1. The van der Waals surface area contributed by atoms with Gasteiger partial charge in [0, 0.05) is 7.05 Å². The van der Waals surface area contributed by atoms with Crippen LogP contribution in [0.3, 0.4) is 0 Å². The largest absolute Gasteiger partial charge is 0.489 e. The van der Waals surface area contributed by atoms with Gasteiger partial charge in [-0.05, 0) is 90.8 Å². The molecule has 0 unspecified atom stereocenters. The van der Waals surface area contributed by atoms with E-state index in [4.69, 9.17) is 23.7 Å². The van der Waals surface area contributed by atoms with Gasteiger partial charge in [-0.15, -0.1) is 0 Å². The van der Waals surface area contributed by atoms with Crippen LogP contribution in [0.4, 0.5) is 8.78 Å². The molecule has 0 saturated carbocycles. The van der Waals surface area contributed by atoms with Gasteiger partial charge < -0.3 is 29.0 Å². The molecule has 0 fully saturated rings. The number of ether oxygens (including phenoxy) is 5. The third-order valence-electron chi connectivity index (χ3n) is 5.60. The Hall–Kier alpha value is -5.12. The number of likely N-dealkylation sites (N-methyl/N-ethyl adjacent to an activating group) is 1. The van der Waals surface area contributed by atoms with E-state index in [0.29, 0.717) is 42.8 Å². The summed E-state index contributed by atoms with van der Waals surface area (Å²) in [6.07, 6.45) is 0. The number of benzene rings is 4. The second-order valence-corrected chi connectivity index (χ2v) is 8.83. The SMILES string of the molecule is CCOC(=O)COc1ccc(OCc2ccc(F)cc2)cc1.CNC(=O)COc1ccc(OCc2ccc(F)cc2)cc1. The monoisotopic (exact) mass is 593 g/mol. The fraction of sp³-hybridized carbons (Fsp3) is 0.212. The zero-order valence-electron chi connectivity index (χ0n) is 23.9. The Kier molecular flexibility index (Phi) is 13.3. The molecule has 1 amide bonds. The van der Waals surface area contributed by atoms with Crippen LogP contribution in [0, 0.1) is 11.6 Å². The first kappa shape index (κ1) is 32.4. The van der Waals surface area contributed by atoms with E-state index < -0.39 is 5.97 Å². The summed E-state index contributed by atoms with van der Waals surface area (Å²) in [4.78, 5) is 22.2. The molecule has 0 bridgehead atoms. The molecule has 10 heteroatoms. The molecule has 8 nitrogen and oxygen atoms in total. The van der Waals surface area contributed by atoms with Gasteiger partial charge in [0.25, 0.3) is 5.91 Å². The highest BCUT2D eigenvalue weighted by atomic mass is 19.1. The van der Waals surface area contributed by atoms with Crippen molar-refractivity contribution < 1.29 is 42.1 Å². The Balaban J connectivity index is 0.000000236. The second kappa shape index (κ2) is 17.6. The van der Waals surface area contributed by atoms with E-state index in [1.54, 1.807) is 86.8 Å². The van der Waals surface area contributed by atoms with Gasteiger partial charge in [-0.1, -0.05) is 24.3 Å². The average Bonchev–Trinajstić information content (AvgIpc) is 3.03. The Bertz CT molecular complexity index is 1400. The third-order valence-corrected chi connectivity index (χ3v) is 5.60. The lowest BCUT2D eigenvalue weighted by atomic mass is 10.2. The molecule has 4 aromatic rings. The molecule has 0 aliphatic carbocycles. The van der Waals surface area contributed by atoms with Crippen molar-refractivity contribution in [2.75, 3.05) is 26.9 Å². The number of hydrogen-bond donors (Lipinski definition) is 1. The van der Waals surface area contributed by atoms with Crippen LogP contribution in [0.25, 0.3) is 0 Å². The van der Waals surface area contributed by atoms with E-state index in [1.807, 2.05) is 0 Å². The van der Waals surface area contributed by atoms with Crippen LogP contribution in [0.5, 0.6) is 23.0 Å². The summed E-state index contributed by atoms with van der Waals surface area (Å²) in [6.45, 7) is 2.64. The minimum atomic E-state index is -0.404. The van der Waals surface area contributed by atoms with Crippen molar-refractivity contribution in [3.05, 3.63) is 120 Å². The lowest BCUT2D eigenvalue weighted by Gasteiger charge is -2.08. The molecule has 4 aromatic carbocycles. The van der Waals surface area contributed by atoms with Gasteiger partial charge in [-0.2, -0.15) is 0 Å². The van der Waals surface area contributed by atoms with E-state index in [9.17, 15) is 18.4 Å². The summed E-state index contributed by atoms with van der Waals surface area (Å²) in [7, 11) is 1.55. The maximum Gasteiger partial charge on any atom is 0.344 e. The number of carbonyl (C=O) groups excluding carboxylic acids is 2. The van der Waals surface area contributed by atoms with E-state index in [2.05, 4.69) is 5.32 Å². The zero-order valence-corrected chi connectivity index (χ0v) is 23.9. The summed E-state index contributed by atoms with van der Waals surface area (Å²) in [5, 5.41) is 2.47. The minimum absolute atomic E-state index is 0.0215. The molecular formula is C33H33F2NO7. The van der Waals surface area contributed by atoms with Crippen molar-refractivity contribution in [2.45, 2.75) is 20.1 Å². The van der Waals surface area contributed by atoms with Crippen molar-refractivity contribution in [3.63, 3.8) is 0 Å². The molecule has 0 aromatic heterocycles. The second-order valence-electron chi connectivity index (χ2n) is 8.83. The smallest absolute Gasteiger partial charge is 0.344 e. The van der Waals surface area contributed by atoms with Crippen LogP contribution >= 0.6 is 0 Å². The van der Waals surface area contributed by atoms with Gasteiger partial charge in [-0.3, -0.25) is 4.79 Å². The third kappa shape index (κ3) is 12.5. The van der Waals surface area contributed by atoms with Crippen LogP contribution in [-0.2, 0) is 27.5 Å². The normalized spacial score (nSPS) is 10.0. The van der Waals surface area contributed by atoms with Crippen LogP contribution in [0.15, 0.2) is 97.1 Å². The lowest BCUT2D eigenvalue weighted by molar-refractivity contribution is -0.145. The molecule has 43 heavy (non-hydrogen) atoms. The summed E-state index contributed by atoms with van der Waals surface area (Å²) >= 11 is 0. The van der Waals surface area contributed by atoms with Gasteiger partial charge >= 0.3 is 5.97 Å². The van der Waals surface area contributed by atoms with E-state index in [1.165, 1.54) is 24.3 Å². The van der Waals surface area contributed by atoms with Crippen molar-refractivity contribution in [2.24, 2.45) is 0 Å². The minimum Gasteiger partial charge on any atom is -0.489 e. The van der Waals surface area contributed by atoms with Gasteiger partial charge in [-0.25, -0.2) is 13.6 Å². The predicted octanol–water partition coefficient (Wildman–Crippen LogP) is 5.88. The Morgan fingerprint density at radius 1 is 0.581 bits per heavy atom. The van der Waals surface area contributed by atoms with Gasteiger partial charge in [0.15, 0.2) is 13.2 Å². The first-order chi connectivity index (χ1) is 20.8. The summed E-state index contributed by atoms with van der Waals surface area (Å²) in [5.41, 5.74) is 1.76. The van der Waals surface area contributed by atoms with Crippen molar-refractivity contribution in [3.8, 4) is 23.0 Å². The van der Waals surface area contributed by atoms with Crippen LogP contribution in [-0.4, -0.2) is 38.7 Å². The summed E-state index contributed by atoms with van der Waals surface area (Å²) < 4.78 is 52.0. The highest BCUT2D eigenvalue weighted by Gasteiger charge is 2.04. The first-order valence-electron chi connectivity index (χ1n) is 13.4. The number of hydrogen-bond acceptors (Lipinski definition) is 7. The van der Waals surface area contributed by atoms with Crippen molar-refractivity contribution in [1.29, 1.82) is 0 Å². The molecule has 0 aliphatic rings. The molecule has 4 rings (SSSR count). The highest BCUT2D eigenvalue weighted by molar-refractivity contribution is 5.77. The predicted molar refractivity (Wildman–Crippen MR) is 156 cm³/mol. The van der Waals surface area contributed by atoms with Crippen molar-refractivity contribution in [1.82, 2.24) is 5.32 Å². The van der Waals surface area contributed by atoms with Crippen LogP contribution in [0.1, 0.15) is 18.1 Å². The molecule has 1 N–H and O–H groups in total. The average molecular weight is 594 g/mol. The number of carbonyl (C=O) groups is 2.